The number of rotatable bonds is 5. The van der Waals surface area contributed by atoms with Crippen molar-refractivity contribution in [3.63, 3.8) is 0 Å². The van der Waals surface area contributed by atoms with Crippen molar-refractivity contribution in [1.29, 1.82) is 0 Å². The molecule has 0 aliphatic rings. The van der Waals surface area contributed by atoms with E-state index in [1.807, 2.05) is 13.8 Å². The highest BCUT2D eigenvalue weighted by atomic mass is 19.4. The smallest absolute Gasteiger partial charge is 0.396 e. The Hall–Kier alpha value is -1.96. The minimum absolute atomic E-state index is 0.0689. The first-order chi connectivity index (χ1) is 10.3. The van der Waals surface area contributed by atoms with E-state index in [9.17, 15) is 13.2 Å². The fraction of sp³-hybridized carbons (Fsp3) is 0.500. The number of hydrogen-bond donors (Lipinski definition) is 1. The zero-order valence-corrected chi connectivity index (χ0v) is 12.3. The molecule has 0 aliphatic carbocycles. The Balaban J connectivity index is 2.32. The summed E-state index contributed by atoms with van der Waals surface area (Å²) in [5.74, 6) is 0.245. The van der Waals surface area contributed by atoms with Gasteiger partial charge in [-0.15, -0.1) is 0 Å². The van der Waals surface area contributed by atoms with Gasteiger partial charge in [-0.1, -0.05) is 13.8 Å². The summed E-state index contributed by atoms with van der Waals surface area (Å²) < 4.78 is 38.9. The van der Waals surface area contributed by atoms with Crippen LogP contribution < -0.4 is 0 Å². The lowest BCUT2D eigenvalue weighted by molar-refractivity contribution is -0.138. The molecule has 1 N–H and O–H groups in total. The van der Waals surface area contributed by atoms with Gasteiger partial charge in [0, 0.05) is 25.2 Å². The van der Waals surface area contributed by atoms with Gasteiger partial charge < -0.3 is 5.11 Å². The summed E-state index contributed by atoms with van der Waals surface area (Å²) in [6.07, 6.45) is -0.0333. The van der Waals surface area contributed by atoms with Crippen molar-refractivity contribution in [2.75, 3.05) is 6.61 Å². The topological polar surface area (TPSA) is 63.8 Å². The Morgan fingerprint density at radius 1 is 1.23 bits per heavy atom. The average molecular weight is 314 g/mol. The molecule has 0 saturated heterocycles. The lowest BCUT2D eigenvalue weighted by Crippen LogP contribution is -2.09. The van der Waals surface area contributed by atoms with E-state index in [0.717, 1.165) is 23.7 Å². The molecule has 2 rings (SSSR count). The van der Waals surface area contributed by atoms with E-state index < -0.39 is 11.7 Å². The monoisotopic (exact) mass is 314 g/mol. The van der Waals surface area contributed by atoms with Crippen LogP contribution in [0.4, 0.5) is 13.2 Å². The second-order valence-corrected chi connectivity index (χ2v) is 5.24. The number of aliphatic hydroxyl groups excluding tert-OH is 1. The third-order valence-electron chi connectivity index (χ3n) is 3.14. The summed E-state index contributed by atoms with van der Waals surface area (Å²) in [7, 11) is 0. The number of halogens is 3. The lowest BCUT2D eigenvalue weighted by atomic mass is 10.0. The predicted octanol–water partition coefficient (Wildman–Crippen LogP) is 2.73. The van der Waals surface area contributed by atoms with E-state index in [0.29, 0.717) is 12.8 Å². The highest BCUT2D eigenvalue weighted by molar-refractivity contribution is 5.25. The quantitative estimate of drug-likeness (QED) is 0.921. The first-order valence-electron chi connectivity index (χ1n) is 6.92. The van der Waals surface area contributed by atoms with Gasteiger partial charge in [-0.2, -0.15) is 18.3 Å². The molecule has 8 heteroatoms. The second kappa shape index (κ2) is 6.43. The Bertz CT molecular complexity index is 620. The summed E-state index contributed by atoms with van der Waals surface area (Å²) in [6, 6.07) is 0. The molecule has 2 heterocycles. The van der Waals surface area contributed by atoms with Gasteiger partial charge in [0.2, 0.25) is 5.95 Å². The van der Waals surface area contributed by atoms with E-state index in [1.54, 1.807) is 6.20 Å². The molecular weight excluding hydrogens is 297 g/mol. The maximum absolute atomic E-state index is 12.5. The van der Waals surface area contributed by atoms with Crippen molar-refractivity contribution in [2.45, 2.75) is 38.8 Å². The predicted molar refractivity (Wildman–Crippen MR) is 73.7 cm³/mol. The van der Waals surface area contributed by atoms with Gasteiger partial charge in [-0.25, -0.2) is 14.6 Å². The van der Waals surface area contributed by atoms with Crippen molar-refractivity contribution in [2.24, 2.45) is 0 Å². The zero-order chi connectivity index (χ0) is 16.3. The normalized spacial score (nSPS) is 12.1. The molecule has 0 bridgehead atoms. The fourth-order valence-electron chi connectivity index (χ4n) is 2.06. The van der Waals surface area contributed by atoms with E-state index in [2.05, 4.69) is 15.1 Å². The van der Waals surface area contributed by atoms with Gasteiger partial charge in [0.25, 0.3) is 0 Å². The molecule has 2 aromatic heterocycles. The SMILES string of the molecule is CC(C)c1nn(-c2ncc(C(F)(F)F)cn2)cc1CCCO. The van der Waals surface area contributed by atoms with Gasteiger partial charge in [-0.3, -0.25) is 0 Å². The fourth-order valence-corrected chi connectivity index (χ4v) is 2.06. The van der Waals surface area contributed by atoms with Crippen LogP contribution in [-0.2, 0) is 12.6 Å². The van der Waals surface area contributed by atoms with Crippen molar-refractivity contribution in [3.05, 3.63) is 35.4 Å². The first kappa shape index (κ1) is 16.4. The maximum Gasteiger partial charge on any atom is 0.419 e. The minimum Gasteiger partial charge on any atom is -0.396 e. The molecule has 0 amide bonds. The second-order valence-electron chi connectivity index (χ2n) is 5.24. The van der Waals surface area contributed by atoms with Gasteiger partial charge >= 0.3 is 6.18 Å². The largest absolute Gasteiger partial charge is 0.419 e. The molecule has 0 radical (unpaired) electrons. The molecule has 5 nitrogen and oxygen atoms in total. The van der Waals surface area contributed by atoms with Crippen LogP contribution in [0.3, 0.4) is 0 Å². The van der Waals surface area contributed by atoms with E-state index in [4.69, 9.17) is 5.11 Å². The highest BCUT2D eigenvalue weighted by Gasteiger charge is 2.31. The molecular formula is C14H17F3N4O. The van der Waals surface area contributed by atoms with Crippen molar-refractivity contribution >= 4 is 0 Å². The standard InChI is InChI=1S/C14H17F3N4O/c1-9(2)12-10(4-3-5-22)8-21(20-12)13-18-6-11(7-19-13)14(15,16)17/h6-9,22H,3-5H2,1-2H3. The Morgan fingerprint density at radius 3 is 2.36 bits per heavy atom. The minimum atomic E-state index is -4.46. The Morgan fingerprint density at radius 2 is 1.86 bits per heavy atom. The number of aliphatic hydroxyl groups is 1. The molecule has 0 aromatic carbocycles. The van der Waals surface area contributed by atoms with Crippen LogP contribution in [0.1, 0.15) is 43.0 Å². The zero-order valence-electron chi connectivity index (χ0n) is 12.3. The molecule has 22 heavy (non-hydrogen) atoms. The summed E-state index contributed by atoms with van der Waals surface area (Å²) in [6.45, 7) is 4.02. The number of nitrogens with zero attached hydrogens (tertiary/aromatic N) is 4. The molecule has 2 aromatic rings. The van der Waals surface area contributed by atoms with Crippen LogP contribution in [0.2, 0.25) is 0 Å². The highest BCUT2D eigenvalue weighted by Crippen LogP contribution is 2.28. The molecule has 0 spiro atoms. The summed E-state index contributed by atoms with van der Waals surface area (Å²) in [5.41, 5.74) is 0.873. The van der Waals surface area contributed by atoms with Gasteiger partial charge in [0.05, 0.1) is 11.3 Å². The van der Waals surface area contributed by atoms with E-state index >= 15 is 0 Å². The molecule has 120 valence electrons. The average Bonchev–Trinajstić information content (AvgIpc) is 2.88. The summed E-state index contributed by atoms with van der Waals surface area (Å²) in [4.78, 5) is 7.46. The van der Waals surface area contributed by atoms with E-state index in [-0.39, 0.29) is 18.5 Å². The van der Waals surface area contributed by atoms with Crippen LogP contribution in [-0.4, -0.2) is 31.5 Å². The van der Waals surface area contributed by atoms with E-state index in [1.165, 1.54) is 4.68 Å². The third-order valence-corrected chi connectivity index (χ3v) is 3.14. The molecule has 0 unspecified atom stereocenters. The lowest BCUT2D eigenvalue weighted by Gasteiger charge is -2.06. The van der Waals surface area contributed by atoms with Crippen LogP contribution >= 0.6 is 0 Å². The number of aromatic nitrogens is 4. The van der Waals surface area contributed by atoms with Crippen LogP contribution in [0, 0.1) is 0 Å². The Labute approximate surface area is 125 Å². The first-order valence-corrected chi connectivity index (χ1v) is 6.92. The van der Waals surface area contributed by atoms with Crippen molar-refractivity contribution < 1.29 is 18.3 Å². The van der Waals surface area contributed by atoms with Gasteiger partial charge in [-0.05, 0) is 24.3 Å². The molecule has 0 fully saturated rings. The van der Waals surface area contributed by atoms with Gasteiger partial charge in [0.15, 0.2) is 0 Å². The molecule has 0 saturated carbocycles. The number of aryl methyl sites for hydroxylation is 1. The van der Waals surface area contributed by atoms with Crippen molar-refractivity contribution in [1.82, 2.24) is 19.7 Å². The van der Waals surface area contributed by atoms with Crippen LogP contribution in [0.5, 0.6) is 0 Å². The maximum atomic E-state index is 12.5. The van der Waals surface area contributed by atoms with Crippen LogP contribution in [0.15, 0.2) is 18.6 Å². The molecule has 0 aliphatic heterocycles. The number of alkyl halides is 3. The Kier molecular flexibility index (Phi) is 4.80. The number of hydrogen-bond acceptors (Lipinski definition) is 4. The molecule has 0 atom stereocenters. The van der Waals surface area contributed by atoms with Crippen molar-refractivity contribution in [3.8, 4) is 5.95 Å². The summed E-state index contributed by atoms with van der Waals surface area (Å²) in [5, 5.41) is 13.3. The van der Waals surface area contributed by atoms with Crippen LogP contribution in [0.25, 0.3) is 5.95 Å². The summed E-state index contributed by atoms with van der Waals surface area (Å²) >= 11 is 0. The van der Waals surface area contributed by atoms with Gasteiger partial charge in [0.1, 0.15) is 0 Å². The third kappa shape index (κ3) is 3.62.